The van der Waals surface area contributed by atoms with Crippen LogP contribution in [-0.4, -0.2) is 35.1 Å². The third kappa shape index (κ3) is 5.26. The number of cyclic esters (lactones) is 2. The topological polar surface area (TPSA) is 112 Å². The fourth-order valence-electron chi connectivity index (χ4n) is 8.62. The highest BCUT2D eigenvalue weighted by Crippen LogP contribution is 2.56. The molecule has 0 saturated heterocycles. The largest absolute Gasteiger partial charge is 0.386 e. The molecule has 0 atom stereocenters. The van der Waals surface area contributed by atoms with E-state index in [0.717, 1.165) is 55.6 Å². The van der Waals surface area contributed by atoms with Gasteiger partial charge in [0.25, 0.3) is 0 Å². The van der Waals surface area contributed by atoms with Gasteiger partial charge in [-0.3, -0.25) is 19.2 Å². The molecule has 1 aliphatic heterocycles. The van der Waals surface area contributed by atoms with Crippen molar-refractivity contribution in [2.24, 2.45) is 0 Å². The molecule has 7 heteroatoms. The van der Waals surface area contributed by atoms with E-state index >= 15 is 0 Å². The van der Waals surface area contributed by atoms with Gasteiger partial charge in [0, 0.05) is 35.1 Å². The Kier molecular flexibility index (Phi) is 7.79. The fourth-order valence-corrected chi connectivity index (χ4v) is 8.62. The molecule has 0 saturated carbocycles. The van der Waals surface area contributed by atoms with Gasteiger partial charge in [0.1, 0.15) is 0 Å². The zero-order valence-corrected chi connectivity index (χ0v) is 30.0. The van der Waals surface area contributed by atoms with Crippen LogP contribution in [-0.2, 0) is 23.0 Å². The smallest absolute Gasteiger partial charge is 0.346 e. The van der Waals surface area contributed by atoms with Gasteiger partial charge in [-0.2, -0.15) is 0 Å². The normalized spacial score (nSPS) is 14.7. The van der Waals surface area contributed by atoms with Gasteiger partial charge in [0.05, 0.1) is 23.0 Å². The molecule has 0 bridgehead atoms. The zero-order valence-electron chi connectivity index (χ0n) is 30.0. The maximum absolute atomic E-state index is 13.6. The number of carbonyl (C=O) groups is 6. The molecule has 1 heterocycles. The summed E-state index contributed by atoms with van der Waals surface area (Å²) in [5.74, 6) is -2.23. The van der Waals surface area contributed by atoms with E-state index in [-0.39, 0.29) is 53.5 Å². The van der Waals surface area contributed by atoms with Crippen molar-refractivity contribution in [1.29, 1.82) is 0 Å². The van der Waals surface area contributed by atoms with Crippen LogP contribution in [0.25, 0.3) is 11.1 Å². The molecule has 6 aromatic rings. The first kappa shape index (κ1) is 33.9. The van der Waals surface area contributed by atoms with Crippen LogP contribution in [0.15, 0.2) is 121 Å². The Balaban J connectivity index is 1.10. The first-order valence-electron chi connectivity index (χ1n) is 18.1. The third-order valence-electron chi connectivity index (χ3n) is 11.4. The number of rotatable bonds is 8. The molecule has 0 N–H and O–H groups in total. The molecule has 6 aromatic carbocycles. The molecule has 0 amide bonds. The zero-order chi connectivity index (χ0) is 38.2. The lowest BCUT2D eigenvalue weighted by Gasteiger charge is -2.35. The van der Waals surface area contributed by atoms with E-state index < -0.39 is 17.4 Å². The summed E-state index contributed by atoms with van der Waals surface area (Å²) in [6.07, 6.45) is 0.0852. The van der Waals surface area contributed by atoms with Crippen LogP contribution in [0.5, 0.6) is 0 Å². The number of carbonyl (C=O) groups excluding carboxylic acids is 6. The molecule has 9 rings (SSSR count). The second-order valence-corrected chi connectivity index (χ2v) is 14.5. The Morgan fingerprint density at radius 1 is 0.509 bits per heavy atom. The van der Waals surface area contributed by atoms with Crippen molar-refractivity contribution < 1.29 is 33.5 Å². The van der Waals surface area contributed by atoms with Crippen LogP contribution in [0.1, 0.15) is 113 Å². The Morgan fingerprint density at radius 3 is 1.53 bits per heavy atom. The summed E-state index contributed by atoms with van der Waals surface area (Å²) >= 11 is 0. The molecular formula is C48H32O7. The van der Waals surface area contributed by atoms with Crippen molar-refractivity contribution >= 4 is 35.1 Å². The van der Waals surface area contributed by atoms with Crippen molar-refractivity contribution in [1.82, 2.24) is 0 Å². The second-order valence-electron chi connectivity index (χ2n) is 14.5. The Labute approximate surface area is 316 Å². The van der Waals surface area contributed by atoms with Gasteiger partial charge in [-0.1, -0.05) is 97.1 Å². The minimum atomic E-state index is -0.747. The molecule has 0 spiro atoms. The summed E-state index contributed by atoms with van der Waals surface area (Å²) in [4.78, 5) is 75.7. The second kappa shape index (κ2) is 12.6. The summed E-state index contributed by atoms with van der Waals surface area (Å²) in [6, 6.07) is 38.5. The van der Waals surface area contributed by atoms with Gasteiger partial charge in [-0.15, -0.1) is 0 Å². The van der Waals surface area contributed by atoms with E-state index in [1.807, 2.05) is 50.2 Å². The lowest BCUT2D eigenvalue weighted by molar-refractivity contribution is 0.0442. The number of benzene rings is 6. The van der Waals surface area contributed by atoms with Crippen molar-refractivity contribution in [3.63, 3.8) is 0 Å². The number of ether oxygens (including phenoxy) is 1. The highest BCUT2D eigenvalue weighted by atomic mass is 16.6. The van der Waals surface area contributed by atoms with E-state index in [9.17, 15) is 28.8 Å². The number of ketones is 4. The number of fused-ring (bicyclic) bond motifs is 5. The summed E-state index contributed by atoms with van der Waals surface area (Å²) in [6.45, 7) is 4.00. The average Bonchev–Trinajstić information content (AvgIpc) is 3.77. The van der Waals surface area contributed by atoms with Gasteiger partial charge in [-0.05, 0) is 93.7 Å². The van der Waals surface area contributed by atoms with Crippen LogP contribution in [0.4, 0.5) is 0 Å². The SMILES string of the molecule is Cc1cc(C2(c3ccc(CC(=O)c4ccc5c(c4)C(=O)OC5=O)c(C)c3)c3ccccc3-c3ccccc32)ccc1CC(=O)c1ccc2c(c1)C(=O)CC2=O. The van der Waals surface area contributed by atoms with Crippen molar-refractivity contribution in [2.75, 3.05) is 0 Å². The lowest BCUT2D eigenvalue weighted by atomic mass is 9.67. The number of hydrogen-bond acceptors (Lipinski definition) is 7. The average molecular weight is 721 g/mol. The van der Waals surface area contributed by atoms with Crippen LogP contribution in [0.3, 0.4) is 0 Å². The Bertz CT molecular complexity index is 2560. The summed E-state index contributed by atoms with van der Waals surface area (Å²) in [7, 11) is 0. The Morgan fingerprint density at radius 2 is 0.982 bits per heavy atom. The molecule has 3 aliphatic rings. The van der Waals surface area contributed by atoms with E-state index in [1.54, 1.807) is 24.3 Å². The van der Waals surface area contributed by atoms with Gasteiger partial charge in [-0.25, -0.2) is 9.59 Å². The van der Waals surface area contributed by atoms with Gasteiger partial charge in [0.15, 0.2) is 23.1 Å². The quantitative estimate of drug-likeness (QED) is 0.0878. The highest BCUT2D eigenvalue weighted by Gasteiger charge is 2.46. The van der Waals surface area contributed by atoms with Crippen LogP contribution >= 0.6 is 0 Å². The Hall–Kier alpha value is -6.86. The van der Waals surface area contributed by atoms with Crippen molar-refractivity contribution in [3.8, 4) is 11.1 Å². The van der Waals surface area contributed by atoms with E-state index in [4.69, 9.17) is 4.74 Å². The molecule has 7 nitrogen and oxygen atoms in total. The number of Topliss-reactive ketones (excluding diaryl/α,β-unsaturated/α-hetero) is 4. The summed E-state index contributed by atoms with van der Waals surface area (Å²) in [5.41, 5.74) is 11.1. The number of hydrogen-bond donors (Lipinski definition) is 0. The summed E-state index contributed by atoms with van der Waals surface area (Å²) in [5, 5.41) is 0. The monoisotopic (exact) mass is 720 g/mol. The van der Waals surface area contributed by atoms with Crippen LogP contribution < -0.4 is 0 Å². The molecule has 0 fully saturated rings. The van der Waals surface area contributed by atoms with Gasteiger partial charge < -0.3 is 4.74 Å². The molecule has 0 aromatic heterocycles. The summed E-state index contributed by atoms with van der Waals surface area (Å²) < 4.78 is 4.71. The lowest BCUT2D eigenvalue weighted by Crippen LogP contribution is -2.29. The molecule has 0 radical (unpaired) electrons. The highest BCUT2D eigenvalue weighted by molar-refractivity contribution is 6.25. The molecular weight excluding hydrogens is 689 g/mol. The molecule has 266 valence electrons. The molecule has 0 unspecified atom stereocenters. The van der Waals surface area contributed by atoms with Crippen molar-refractivity contribution in [2.45, 2.75) is 38.5 Å². The fraction of sp³-hybridized carbons (Fsp3) is 0.125. The van der Waals surface area contributed by atoms with E-state index in [0.29, 0.717) is 22.3 Å². The van der Waals surface area contributed by atoms with Crippen molar-refractivity contribution in [3.05, 3.63) is 199 Å². The predicted octanol–water partition coefficient (Wildman–Crippen LogP) is 8.60. The van der Waals surface area contributed by atoms with Crippen LogP contribution in [0.2, 0.25) is 0 Å². The first-order chi connectivity index (χ1) is 26.5. The first-order valence-corrected chi connectivity index (χ1v) is 18.1. The standard InChI is InChI=1S/C48H32O7/c1-26-19-32(15-11-28(26)23-42(49)30-13-17-36-38(21-30)45(52)25-44(36)51)48(40-9-5-3-7-34(40)35-8-4-6-10-41(35)48)33-16-12-29(27(2)20-33)24-43(50)31-14-18-37-39(22-31)47(54)55-46(37)53/h3-22H,23-25H2,1-2H3. The number of aryl methyl sites for hydroxylation is 2. The van der Waals surface area contributed by atoms with Gasteiger partial charge >= 0.3 is 11.9 Å². The predicted molar refractivity (Wildman–Crippen MR) is 205 cm³/mol. The van der Waals surface area contributed by atoms with Crippen LogP contribution in [0, 0.1) is 13.8 Å². The maximum Gasteiger partial charge on any atom is 0.346 e. The van der Waals surface area contributed by atoms with E-state index in [2.05, 4.69) is 48.5 Å². The molecule has 2 aliphatic carbocycles. The minimum absolute atomic E-state index is 0.102. The molecule has 55 heavy (non-hydrogen) atoms. The third-order valence-corrected chi connectivity index (χ3v) is 11.4. The van der Waals surface area contributed by atoms with E-state index in [1.165, 1.54) is 12.1 Å². The maximum atomic E-state index is 13.6. The minimum Gasteiger partial charge on any atom is -0.386 e. The number of esters is 2. The van der Waals surface area contributed by atoms with Gasteiger partial charge in [0.2, 0.25) is 0 Å².